The lowest BCUT2D eigenvalue weighted by atomic mass is 9.88. The van der Waals surface area contributed by atoms with Gasteiger partial charge in [-0.25, -0.2) is 0 Å². The standard InChI is InChI=1S/C32H58O2/c1-5-7-9-11-13-15-17-19-21-23-27(3)29-25-32(34)30(26-31(29)33)28(4)24-22-20-18-16-14-12-10-8-6-2/h25-28,33-34H,5-24H2,1-4H3. The van der Waals surface area contributed by atoms with Crippen molar-refractivity contribution in [3.05, 3.63) is 23.3 Å². The fourth-order valence-electron chi connectivity index (χ4n) is 5.23. The molecule has 2 unspecified atom stereocenters. The van der Waals surface area contributed by atoms with Crippen LogP contribution in [0.3, 0.4) is 0 Å². The van der Waals surface area contributed by atoms with Crippen molar-refractivity contribution in [2.24, 2.45) is 0 Å². The molecule has 0 heterocycles. The zero-order valence-corrected chi connectivity index (χ0v) is 23.3. The van der Waals surface area contributed by atoms with Gasteiger partial charge in [0.25, 0.3) is 0 Å². The van der Waals surface area contributed by atoms with Gasteiger partial charge >= 0.3 is 0 Å². The first kappa shape index (κ1) is 30.9. The van der Waals surface area contributed by atoms with Gasteiger partial charge < -0.3 is 10.2 Å². The van der Waals surface area contributed by atoms with E-state index in [-0.39, 0.29) is 11.8 Å². The average molecular weight is 475 g/mol. The SMILES string of the molecule is CCCCCCCCCCCC(C)c1cc(O)c(C(C)CCCCCCCCCCC)cc1O. The van der Waals surface area contributed by atoms with E-state index in [0.717, 1.165) is 24.0 Å². The van der Waals surface area contributed by atoms with E-state index in [1.807, 2.05) is 12.1 Å². The Bertz CT molecular complexity index is 556. The molecule has 0 spiro atoms. The van der Waals surface area contributed by atoms with Crippen LogP contribution in [-0.4, -0.2) is 10.2 Å². The maximum atomic E-state index is 10.7. The number of phenolic OH excluding ortho intramolecular Hbond substituents is 2. The van der Waals surface area contributed by atoms with Crippen LogP contribution in [0.4, 0.5) is 0 Å². The van der Waals surface area contributed by atoms with Crippen LogP contribution in [-0.2, 0) is 0 Å². The van der Waals surface area contributed by atoms with Crippen molar-refractivity contribution in [3.63, 3.8) is 0 Å². The highest BCUT2D eigenvalue weighted by atomic mass is 16.3. The Balaban J connectivity index is 2.30. The molecule has 2 heteroatoms. The van der Waals surface area contributed by atoms with Crippen LogP contribution in [0, 0.1) is 0 Å². The highest BCUT2D eigenvalue weighted by Crippen LogP contribution is 2.39. The summed E-state index contributed by atoms with van der Waals surface area (Å²) in [5.41, 5.74) is 1.83. The molecule has 198 valence electrons. The van der Waals surface area contributed by atoms with E-state index in [4.69, 9.17) is 0 Å². The molecule has 0 aliphatic heterocycles. The summed E-state index contributed by atoms with van der Waals surface area (Å²) in [5.74, 6) is 1.32. The molecule has 0 amide bonds. The Labute approximate surface area is 213 Å². The van der Waals surface area contributed by atoms with Gasteiger partial charge in [-0.2, -0.15) is 0 Å². The molecule has 0 saturated carbocycles. The maximum Gasteiger partial charge on any atom is 0.119 e. The van der Waals surface area contributed by atoms with E-state index in [1.165, 1.54) is 116 Å². The topological polar surface area (TPSA) is 40.5 Å². The molecular formula is C32H58O2. The number of benzene rings is 1. The van der Waals surface area contributed by atoms with Gasteiger partial charge in [-0.3, -0.25) is 0 Å². The van der Waals surface area contributed by atoms with Gasteiger partial charge in [-0.05, 0) is 36.8 Å². The van der Waals surface area contributed by atoms with E-state index in [2.05, 4.69) is 27.7 Å². The second-order valence-corrected chi connectivity index (χ2v) is 11.0. The van der Waals surface area contributed by atoms with Gasteiger partial charge in [-0.1, -0.05) is 143 Å². The first-order valence-corrected chi connectivity index (χ1v) is 15.1. The number of rotatable bonds is 22. The van der Waals surface area contributed by atoms with Crippen molar-refractivity contribution in [2.45, 2.75) is 168 Å². The third-order valence-corrected chi connectivity index (χ3v) is 7.72. The van der Waals surface area contributed by atoms with Crippen LogP contribution in [0.2, 0.25) is 0 Å². The quantitative estimate of drug-likeness (QED) is 0.129. The summed E-state index contributed by atoms with van der Waals surface area (Å²) in [6.07, 6.45) is 26.2. The number of hydrogen-bond acceptors (Lipinski definition) is 2. The zero-order chi connectivity index (χ0) is 25.0. The number of aromatic hydroxyl groups is 2. The molecule has 2 atom stereocenters. The van der Waals surface area contributed by atoms with E-state index >= 15 is 0 Å². The highest BCUT2D eigenvalue weighted by Gasteiger charge is 2.17. The molecule has 1 rings (SSSR count). The van der Waals surface area contributed by atoms with E-state index in [9.17, 15) is 10.2 Å². The van der Waals surface area contributed by atoms with Gasteiger partial charge in [0, 0.05) is 11.1 Å². The Morgan fingerprint density at radius 3 is 1.03 bits per heavy atom. The minimum atomic E-state index is 0.289. The second-order valence-electron chi connectivity index (χ2n) is 11.0. The zero-order valence-electron chi connectivity index (χ0n) is 23.3. The average Bonchev–Trinajstić information content (AvgIpc) is 2.82. The Morgan fingerprint density at radius 2 is 0.735 bits per heavy atom. The summed E-state index contributed by atoms with van der Waals surface area (Å²) in [4.78, 5) is 0. The van der Waals surface area contributed by atoms with Crippen molar-refractivity contribution < 1.29 is 10.2 Å². The lowest BCUT2D eigenvalue weighted by Gasteiger charge is -2.19. The monoisotopic (exact) mass is 474 g/mol. The van der Waals surface area contributed by atoms with Crippen LogP contribution in [0.5, 0.6) is 11.5 Å². The lowest BCUT2D eigenvalue weighted by molar-refractivity contribution is 0.433. The molecule has 1 aromatic carbocycles. The molecule has 2 nitrogen and oxygen atoms in total. The first-order chi connectivity index (χ1) is 16.5. The maximum absolute atomic E-state index is 10.7. The molecular weight excluding hydrogens is 416 g/mol. The van der Waals surface area contributed by atoms with E-state index < -0.39 is 0 Å². The van der Waals surface area contributed by atoms with Crippen molar-refractivity contribution in [1.82, 2.24) is 0 Å². The van der Waals surface area contributed by atoms with Crippen LogP contribution in [0.1, 0.15) is 179 Å². The predicted octanol–water partition coefficient (Wildman–Crippen LogP) is 11.1. The van der Waals surface area contributed by atoms with Crippen LogP contribution in [0.25, 0.3) is 0 Å². The van der Waals surface area contributed by atoms with Crippen LogP contribution >= 0.6 is 0 Å². The van der Waals surface area contributed by atoms with Crippen molar-refractivity contribution >= 4 is 0 Å². The van der Waals surface area contributed by atoms with Crippen molar-refractivity contribution in [3.8, 4) is 11.5 Å². The lowest BCUT2D eigenvalue weighted by Crippen LogP contribution is -1.99. The molecule has 34 heavy (non-hydrogen) atoms. The molecule has 0 aromatic heterocycles. The Kier molecular flexibility index (Phi) is 18.2. The molecule has 0 bridgehead atoms. The van der Waals surface area contributed by atoms with Gasteiger partial charge in [0.2, 0.25) is 0 Å². The third-order valence-electron chi connectivity index (χ3n) is 7.72. The normalized spacial score (nSPS) is 13.3. The van der Waals surface area contributed by atoms with Gasteiger partial charge in [-0.15, -0.1) is 0 Å². The van der Waals surface area contributed by atoms with Gasteiger partial charge in [0.15, 0.2) is 0 Å². The minimum absolute atomic E-state index is 0.289. The van der Waals surface area contributed by atoms with Crippen molar-refractivity contribution in [1.29, 1.82) is 0 Å². The molecule has 0 aliphatic rings. The van der Waals surface area contributed by atoms with Gasteiger partial charge in [0.05, 0.1) is 0 Å². The van der Waals surface area contributed by atoms with E-state index in [0.29, 0.717) is 11.5 Å². The molecule has 0 aliphatic carbocycles. The van der Waals surface area contributed by atoms with Crippen LogP contribution in [0.15, 0.2) is 12.1 Å². The fraction of sp³-hybridized carbons (Fsp3) is 0.812. The van der Waals surface area contributed by atoms with Gasteiger partial charge in [0.1, 0.15) is 11.5 Å². The van der Waals surface area contributed by atoms with Crippen LogP contribution < -0.4 is 0 Å². The summed E-state index contributed by atoms with van der Waals surface area (Å²) in [6, 6.07) is 3.69. The Morgan fingerprint density at radius 1 is 0.471 bits per heavy atom. The smallest absolute Gasteiger partial charge is 0.119 e. The Hall–Kier alpha value is -1.18. The highest BCUT2D eigenvalue weighted by molar-refractivity contribution is 5.47. The summed E-state index contributed by atoms with van der Waals surface area (Å²) in [6.45, 7) is 8.91. The summed E-state index contributed by atoms with van der Waals surface area (Å²) in [5, 5.41) is 21.4. The predicted molar refractivity (Wildman–Crippen MR) is 150 cm³/mol. The largest absolute Gasteiger partial charge is 0.508 e. The summed E-state index contributed by atoms with van der Waals surface area (Å²) in [7, 11) is 0. The molecule has 2 N–H and O–H groups in total. The minimum Gasteiger partial charge on any atom is -0.508 e. The first-order valence-electron chi connectivity index (χ1n) is 15.1. The second kappa shape index (κ2) is 20.1. The third kappa shape index (κ3) is 13.6. The number of phenols is 2. The summed E-state index contributed by atoms with van der Waals surface area (Å²) < 4.78 is 0. The number of unbranched alkanes of at least 4 members (excludes halogenated alkanes) is 16. The molecule has 1 aromatic rings. The summed E-state index contributed by atoms with van der Waals surface area (Å²) >= 11 is 0. The molecule has 0 saturated heterocycles. The van der Waals surface area contributed by atoms with Crippen molar-refractivity contribution in [2.75, 3.05) is 0 Å². The molecule has 0 radical (unpaired) electrons. The number of hydrogen-bond donors (Lipinski definition) is 2. The fourth-order valence-corrected chi connectivity index (χ4v) is 5.23. The molecule has 0 fully saturated rings. The van der Waals surface area contributed by atoms with E-state index in [1.54, 1.807) is 0 Å².